The molecule has 0 bridgehead atoms. The van der Waals surface area contributed by atoms with E-state index in [4.69, 9.17) is 11.6 Å². The van der Waals surface area contributed by atoms with Crippen LogP contribution in [-0.2, 0) is 4.79 Å². The fraction of sp³-hybridized carbons (Fsp3) is 0.278. The molecule has 22 heavy (non-hydrogen) atoms. The average molecular weight is 334 g/mol. The molecule has 2 nitrogen and oxygen atoms in total. The van der Waals surface area contributed by atoms with Crippen LogP contribution < -0.4 is 5.32 Å². The lowest BCUT2D eigenvalue weighted by molar-refractivity contribution is -0.119. The Morgan fingerprint density at radius 2 is 1.77 bits per heavy atom. The maximum atomic E-state index is 12.1. The van der Waals surface area contributed by atoms with Crippen molar-refractivity contribution >= 4 is 29.3 Å². The van der Waals surface area contributed by atoms with E-state index < -0.39 is 0 Å². The van der Waals surface area contributed by atoms with Crippen LogP contribution in [0, 0.1) is 0 Å². The second kappa shape index (κ2) is 8.25. The van der Waals surface area contributed by atoms with E-state index in [0.717, 1.165) is 5.56 Å². The molecule has 0 aliphatic heterocycles. The third-order valence-electron chi connectivity index (χ3n) is 3.46. The van der Waals surface area contributed by atoms with E-state index in [-0.39, 0.29) is 11.9 Å². The number of carbonyl (C=O) groups excluding carboxylic acids is 1. The zero-order chi connectivity index (χ0) is 15.9. The molecule has 0 saturated carbocycles. The Kier molecular flexibility index (Phi) is 6.34. The van der Waals surface area contributed by atoms with Crippen molar-refractivity contribution in [1.29, 1.82) is 0 Å². The molecule has 1 N–H and O–H groups in total. The van der Waals surface area contributed by atoms with Gasteiger partial charge in [-0.15, -0.1) is 11.8 Å². The summed E-state index contributed by atoms with van der Waals surface area (Å²) in [6, 6.07) is 17.8. The summed E-state index contributed by atoms with van der Waals surface area (Å²) in [6.45, 7) is 4.09. The highest BCUT2D eigenvalue weighted by Gasteiger charge is 2.12. The van der Waals surface area contributed by atoms with Crippen LogP contribution in [0.4, 0.5) is 0 Å². The van der Waals surface area contributed by atoms with Gasteiger partial charge in [-0.2, -0.15) is 0 Å². The summed E-state index contributed by atoms with van der Waals surface area (Å²) in [5.41, 5.74) is 2.25. The van der Waals surface area contributed by atoms with Crippen LogP contribution in [0.5, 0.6) is 0 Å². The van der Waals surface area contributed by atoms with Crippen molar-refractivity contribution in [3.63, 3.8) is 0 Å². The van der Waals surface area contributed by atoms with Crippen LogP contribution in [0.2, 0.25) is 5.02 Å². The van der Waals surface area contributed by atoms with Crippen LogP contribution >= 0.6 is 23.4 Å². The molecule has 0 aromatic heterocycles. The lowest BCUT2D eigenvalue weighted by atomic mass is 10.1. The van der Waals surface area contributed by atoms with E-state index in [0.29, 0.717) is 16.0 Å². The van der Waals surface area contributed by atoms with Crippen LogP contribution in [0.3, 0.4) is 0 Å². The van der Waals surface area contributed by atoms with Crippen molar-refractivity contribution < 1.29 is 4.79 Å². The predicted octanol–water partition coefficient (Wildman–Crippen LogP) is 5.01. The van der Waals surface area contributed by atoms with Crippen molar-refractivity contribution in [3.8, 4) is 0 Å². The number of carbonyl (C=O) groups is 1. The Morgan fingerprint density at radius 3 is 2.45 bits per heavy atom. The number of rotatable bonds is 6. The first-order chi connectivity index (χ1) is 10.6. The molecule has 2 aromatic carbocycles. The number of halogens is 1. The molecule has 0 unspecified atom stereocenters. The van der Waals surface area contributed by atoms with E-state index in [9.17, 15) is 4.79 Å². The maximum absolute atomic E-state index is 12.1. The van der Waals surface area contributed by atoms with Gasteiger partial charge in [0, 0.05) is 10.3 Å². The van der Waals surface area contributed by atoms with Gasteiger partial charge in [0.1, 0.15) is 0 Å². The third-order valence-corrected chi connectivity index (χ3v) is 4.90. The van der Waals surface area contributed by atoms with Gasteiger partial charge in [0.2, 0.25) is 5.91 Å². The standard InChI is InChI=1S/C18H20ClNOS/c1-13(16-9-6-10-17(19)11-16)20-18(21)12-22-14(2)15-7-4-3-5-8-15/h3-11,13-14H,12H2,1-2H3,(H,20,21)/t13-,14+/m0/s1. The zero-order valence-corrected chi connectivity index (χ0v) is 14.3. The van der Waals surface area contributed by atoms with E-state index in [2.05, 4.69) is 24.4 Å². The summed E-state index contributed by atoms with van der Waals surface area (Å²) in [5.74, 6) is 0.487. The van der Waals surface area contributed by atoms with E-state index >= 15 is 0 Å². The second-order valence-electron chi connectivity index (χ2n) is 5.21. The van der Waals surface area contributed by atoms with Gasteiger partial charge in [-0.3, -0.25) is 4.79 Å². The van der Waals surface area contributed by atoms with E-state index in [1.54, 1.807) is 11.8 Å². The first-order valence-electron chi connectivity index (χ1n) is 7.27. The lowest BCUT2D eigenvalue weighted by Crippen LogP contribution is -2.28. The molecule has 0 aliphatic rings. The minimum atomic E-state index is -0.0427. The fourth-order valence-electron chi connectivity index (χ4n) is 2.16. The summed E-state index contributed by atoms with van der Waals surface area (Å²) in [5, 5.41) is 4.00. The molecule has 2 aromatic rings. The highest BCUT2D eigenvalue weighted by atomic mass is 35.5. The number of nitrogens with one attached hydrogen (secondary N) is 1. The molecule has 0 radical (unpaired) electrons. The highest BCUT2D eigenvalue weighted by Crippen LogP contribution is 2.27. The largest absolute Gasteiger partial charge is 0.349 e. The monoisotopic (exact) mass is 333 g/mol. The van der Waals surface area contributed by atoms with E-state index in [1.165, 1.54) is 5.56 Å². The van der Waals surface area contributed by atoms with Gasteiger partial charge in [0.05, 0.1) is 11.8 Å². The van der Waals surface area contributed by atoms with Gasteiger partial charge in [-0.25, -0.2) is 0 Å². The third kappa shape index (κ3) is 5.08. The van der Waals surface area contributed by atoms with E-state index in [1.807, 2.05) is 49.4 Å². The maximum Gasteiger partial charge on any atom is 0.230 e. The van der Waals surface area contributed by atoms with Crippen molar-refractivity contribution in [3.05, 3.63) is 70.7 Å². The number of benzene rings is 2. The Balaban J connectivity index is 1.83. The second-order valence-corrected chi connectivity index (χ2v) is 6.97. The smallest absolute Gasteiger partial charge is 0.230 e. The SMILES string of the molecule is C[C@H](NC(=O)CS[C@H](C)c1ccccc1)c1cccc(Cl)c1. The summed E-state index contributed by atoms with van der Waals surface area (Å²) >= 11 is 7.62. The van der Waals surface area contributed by atoms with Crippen molar-refractivity contribution in [2.75, 3.05) is 5.75 Å². The molecular formula is C18H20ClNOS. The number of hydrogen-bond acceptors (Lipinski definition) is 2. The van der Waals surface area contributed by atoms with Gasteiger partial charge in [-0.1, -0.05) is 54.1 Å². The minimum Gasteiger partial charge on any atom is -0.349 e. The lowest BCUT2D eigenvalue weighted by Gasteiger charge is -2.16. The first-order valence-corrected chi connectivity index (χ1v) is 8.70. The van der Waals surface area contributed by atoms with Gasteiger partial charge in [-0.05, 0) is 37.1 Å². The van der Waals surface area contributed by atoms with Crippen molar-refractivity contribution in [1.82, 2.24) is 5.32 Å². The molecule has 1 amide bonds. The van der Waals surface area contributed by atoms with Crippen LogP contribution in [0.1, 0.15) is 36.3 Å². The van der Waals surface area contributed by atoms with Crippen molar-refractivity contribution in [2.45, 2.75) is 25.1 Å². The predicted molar refractivity (Wildman–Crippen MR) is 95.3 cm³/mol. The number of hydrogen-bond donors (Lipinski definition) is 1. The molecule has 116 valence electrons. The molecule has 0 heterocycles. The molecular weight excluding hydrogens is 314 g/mol. The molecule has 4 heteroatoms. The Morgan fingerprint density at radius 1 is 1.09 bits per heavy atom. The topological polar surface area (TPSA) is 29.1 Å². The molecule has 0 spiro atoms. The summed E-state index contributed by atoms with van der Waals surface area (Å²) in [7, 11) is 0. The van der Waals surface area contributed by atoms with Gasteiger partial charge in [0.25, 0.3) is 0 Å². The number of amides is 1. The van der Waals surface area contributed by atoms with Gasteiger partial charge in [0.15, 0.2) is 0 Å². The van der Waals surface area contributed by atoms with Crippen molar-refractivity contribution in [2.24, 2.45) is 0 Å². The molecule has 0 fully saturated rings. The fourth-order valence-corrected chi connectivity index (χ4v) is 3.20. The molecule has 0 aliphatic carbocycles. The number of thioether (sulfide) groups is 1. The minimum absolute atomic E-state index is 0.0419. The average Bonchev–Trinajstić information content (AvgIpc) is 2.53. The van der Waals surface area contributed by atoms with Gasteiger partial charge >= 0.3 is 0 Å². The zero-order valence-electron chi connectivity index (χ0n) is 12.8. The molecule has 2 atom stereocenters. The Bertz CT molecular complexity index is 617. The van der Waals surface area contributed by atoms with Crippen LogP contribution in [0.25, 0.3) is 0 Å². The molecule has 0 saturated heterocycles. The summed E-state index contributed by atoms with van der Waals surface area (Å²) in [6.07, 6.45) is 0. The van der Waals surface area contributed by atoms with Crippen LogP contribution in [-0.4, -0.2) is 11.7 Å². The quantitative estimate of drug-likeness (QED) is 0.805. The molecule has 2 rings (SSSR count). The normalized spacial score (nSPS) is 13.4. The Labute approximate surface area is 141 Å². The highest BCUT2D eigenvalue weighted by molar-refractivity contribution is 8.00. The summed E-state index contributed by atoms with van der Waals surface area (Å²) < 4.78 is 0. The Hall–Kier alpha value is -1.45. The van der Waals surface area contributed by atoms with Crippen LogP contribution in [0.15, 0.2) is 54.6 Å². The van der Waals surface area contributed by atoms with Gasteiger partial charge < -0.3 is 5.32 Å². The summed E-state index contributed by atoms with van der Waals surface area (Å²) in [4.78, 5) is 12.1. The first kappa shape index (κ1) is 16.9.